The van der Waals surface area contributed by atoms with Crippen molar-refractivity contribution in [2.75, 3.05) is 13.8 Å². The van der Waals surface area contributed by atoms with E-state index in [-0.39, 0.29) is 0 Å². The highest BCUT2D eigenvalue weighted by Crippen LogP contribution is 2.25. The molecule has 0 radical (unpaired) electrons. The molecular weight excluding hydrogens is 169 g/mol. The van der Waals surface area contributed by atoms with Gasteiger partial charge in [0, 0.05) is 6.20 Å². The molecule has 0 saturated carbocycles. The minimum absolute atomic E-state index is 0.438. The molecule has 11 heavy (non-hydrogen) atoms. The number of alkyl halides is 1. The van der Waals surface area contributed by atoms with Crippen LogP contribution >= 0.6 is 11.3 Å². The molecule has 62 valence electrons. The molecule has 0 saturated heterocycles. The molecule has 1 aromatic rings. The summed E-state index contributed by atoms with van der Waals surface area (Å²) in [5.74, 6) is 0. The summed E-state index contributed by atoms with van der Waals surface area (Å²) in [7, 11) is 1.48. The largest absolute Gasteiger partial charge is 0.473 e. The van der Waals surface area contributed by atoms with Gasteiger partial charge in [-0.1, -0.05) is 11.3 Å². The number of aliphatic hydroxyl groups excluding tert-OH is 1. The molecule has 0 fully saturated rings. The quantitative estimate of drug-likeness (QED) is 0.753. The van der Waals surface area contributed by atoms with E-state index in [0.717, 1.165) is 11.3 Å². The van der Waals surface area contributed by atoms with Gasteiger partial charge in [-0.15, -0.1) is 0 Å². The summed E-state index contributed by atoms with van der Waals surface area (Å²) >= 11 is 1.14. The molecule has 1 rings (SSSR count). The molecule has 1 atom stereocenters. The Hall–Kier alpha value is -0.680. The van der Waals surface area contributed by atoms with Gasteiger partial charge in [0.1, 0.15) is 12.8 Å². The zero-order chi connectivity index (χ0) is 8.27. The number of methoxy groups -OCH3 is 1. The Labute approximate surface area is 67.5 Å². The van der Waals surface area contributed by atoms with E-state index in [1.54, 1.807) is 0 Å². The van der Waals surface area contributed by atoms with Gasteiger partial charge in [0.05, 0.1) is 12.0 Å². The van der Waals surface area contributed by atoms with Gasteiger partial charge < -0.3 is 9.84 Å². The van der Waals surface area contributed by atoms with E-state index in [1.807, 2.05) is 0 Å². The first-order valence-corrected chi connectivity index (χ1v) is 3.83. The summed E-state index contributed by atoms with van der Waals surface area (Å²) in [6.45, 7) is -0.786. The van der Waals surface area contributed by atoms with E-state index in [2.05, 4.69) is 4.98 Å². The average Bonchev–Trinajstić information content (AvgIpc) is 2.50. The number of aliphatic hydroxyl groups is 1. The third-order valence-electron chi connectivity index (χ3n) is 1.15. The maximum atomic E-state index is 11.9. The minimum Gasteiger partial charge on any atom is -0.473 e. The molecule has 1 aromatic heterocycles. The van der Waals surface area contributed by atoms with Gasteiger partial charge in [0.25, 0.3) is 5.19 Å². The fraction of sp³-hybridized carbons (Fsp3) is 0.500. The van der Waals surface area contributed by atoms with Crippen LogP contribution in [0.5, 0.6) is 5.19 Å². The molecule has 0 bridgehead atoms. The Morgan fingerprint density at radius 2 is 2.64 bits per heavy atom. The van der Waals surface area contributed by atoms with Crippen LogP contribution in [0.1, 0.15) is 11.0 Å². The lowest BCUT2D eigenvalue weighted by molar-refractivity contribution is 0.145. The second-order valence-electron chi connectivity index (χ2n) is 1.90. The van der Waals surface area contributed by atoms with Crippen molar-refractivity contribution in [1.82, 2.24) is 4.98 Å². The fourth-order valence-corrected chi connectivity index (χ4v) is 1.29. The molecule has 0 aliphatic carbocycles. The predicted octanol–water partition coefficient (Wildman–Crippen LogP) is 1.15. The molecule has 3 nitrogen and oxygen atoms in total. The fourth-order valence-electron chi connectivity index (χ4n) is 0.594. The van der Waals surface area contributed by atoms with E-state index in [1.165, 1.54) is 13.3 Å². The predicted molar refractivity (Wildman–Crippen MR) is 39.6 cm³/mol. The zero-order valence-corrected chi connectivity index (χ0v) is 6.77. The highest BCUT2D eigenvalue weighted by Gasteiger charge is 2.10. The number of nitrogens with zero attached hydrogens (tertiary/aromatic N) is 1. The number of hydrogen-bond acceptors (Lipinski definition) is 4. The normalized spacial score (nSPS) is 13.0. The average molecular weight is 177 g/mol. The monoisotopic (exact) mass is 177 g/mol. The number of thiazole rings is 1. The molecule has 1 heterocycles. The van der Waals surface area contributed by atoms with Crippen LogP contribution in [-0.2, 0) is 0 Å². The van der Waals surface area contributed by atoms with Gasteiger partial charge in [0.2, 0.25) is 0 Å². The summed E-state index contributed by atoms with van der Waals surface area (Å²) in [5, 5.41) is 9.42. The number of aromatic nitrogens is 1. The molecular formula is C6H8FNO2S. The molecule has 0 aromatic carbocycles. The van der Waals surface area contributed by atoms with Crippen molar-refractivity contribution in [3.63, 3.8) is 0 Å². The smallest absolute Gasteiger partial charge is 0.273 e. The van der Waals surface area contributed by atoms with E-state index in [0.29, 0.717) is 10.1 Å². The van der Waals surface area contributed by atoms with E-state index >= 15 is 0 Å². The first kappa shape index (κ1) is 8.42. The van der Waals surface area contributed by atoms with Crippen molar-refractivity contribution < 1.29 is 14.2 Å². The number of halogens is 1. The van der Waals surface area contributed by atoms with Gasteiger partial charge >= 0.3 is 0 Å². The van der Waals surface area contributed by atoms with Gasteiger partial charge in [-0.2, -0.15) is 0 Å². The molecule has 1 unspecified atom stereocenters. The molecule has 0 aliphatic rings. The number of hydrogen-bond donors (Lipinski definition) is 1. The van der Waals surface area contributed by atoms with Crippen LogP contribution in [0.4, 0.5) is 4.39 Å². The van der Waals surface area contributed by atoms with Crippen LogP contribution in [-0.4, -0.2) is 23.9 Å². The van der Waals surface area contributed by atoms with E-state index in [9.17, 15) is 4.39 Å². The van der Waals surface area contributed by atoms with Gasteiger partial charge in [-0.3, -0.25) is 0 Å². The van der Waals surface area contributed by atoms with Crippen LogP contribution in [0.2, 0.25) is 0 Å². The standard InChI is InChI=1S/C6H8FNO2S/c1-10-6-8-3-5(11-6)4(9)2-7/h3-4,9H,2H2,1H3. The van der Waals surface area contributed by atoms with Gasteiger partial charge in [-0.05, 0) is 0 Å². The van der Waals surface area contributed by atoms with Crippen molar-refractivity contribution in [3.05, 3.63) is 11.1 Å². The summed E-state index contributed by atoms with van der Waals surface area (Å²) < 4.78 is 16.6. The van der Waals surface area contributed by atoms with Crippen LogP contribution < -0.4 is 4.74 Å². The first-order chi connectivity index (χ1) is 5.27. The second-order valence-corrected chi connectivity index (χ2v) is 2.93. The Morgan fingerprint density at radius 1 is 1.91 bits per heavy atom. The topological polar surface area (TPSA) is 42.4 Å². The third kappa shape index (κ3) is 1.87. The molecule has 0 aliphatic heterocycles. The van der Waals surface area contributed by atoms with Crippen LogP contribution in [0, 0.1) is 0 Å². The summed E-state index contributed by atoms with van der Waals surface area (Å²) in [4.78, 5) is 4.26. The Kier molecular flexibility index (Phi) is 2.78. The van der Waals surface area contributed by atoms with Crippen LogP contribution in [0.15, 0.2) is 6.20 Å². The second kappa shape index (κ2) is 3.64. The molecule has 0 amide bonds. The van der Waals surface area contributed by atoms with Crippen LogP contribution in [0.3, 0.4) is 0 Å². The minimum atomic E-state index is -1.06. The van der Waals surface area contributed by atoms with Crippen molar-refractivity contribution in [1.29, 1.82) is 0 Å². The lowest BCUT2D eigenvalue weighted by Gasteiger charge is -1.98. The third-order valence-corrected chi connectivity index (χ3v) is 2.21. The highest BCUT2D eigenvalue weighted by molar-refractivity contribution is 7.13. The summed E-state index contributed by atoms with van der Waals surface area (Å²) in [5.41, 5.74) is 0. The number of ether oxygens (including phenoxy) is 1. The lowest BCUT2D eigenvalue weighted by Crippen LogP contribution is -1.94. The van der Waals surface area contributed by atoms with Gasteiger partial charge in [0.15, 0.2) is 0 Å². The van der Waals surface area contributed by atoms with Crippen molar-refractivity contribution >= 4 is 11.3 Å². The van der Waals surface area contributed by atoms with Crippen molar-refractivity contribution in [2.45, 2.75) is 6.10 Å². The van der Waals surface area contributed by atoms with Gasteiger partial charge in [-0.25, -0.2) is 9.37 Å². The Balaban J connectivity index is 2.71. The zero-order valence-electron chi connectivity index (χ0n) is 5.95. The molecule has 5 heteroatoms. The lowest BCUT2D eigenvalue weighted by atomic mass is 10.3. The van der Waals surface area contributed by atoms with Crippen LogP contribution in [0.25, 0.3) is 0 Å². The van der Waals surface area contributed by atoms with E-state index in [4.69, 9.17) is 9.84 Å². The highest BCUT2D eigenvalue weighted by atomic mass is 32.1. The SMILES string of the molecule is COc1ncc(C(O)CF)s1. The molecule has 0 spiro atoms. The number of rotatable bonds is 3. The summed E-state index contributed by atoms with van der Waals surface area (Å²) in [6, 6.07) is 0. The maximum Gasteiger partial charge on any atom is 0.273 e. The van der Waals surface area contributed by atoms with Crippen molar-refractivity contribution in [3.8, 4) is 5.19 Å². The van der Waals surface area contributed by atoms with E-state index < -0.39 is 12.8 Å². The maximum absolute atomic E-state index is 11.9. The van der Waals surface area contributed by atoms with Crippen molar-refractivity contribution in [2.24, 2.45) is 0 Å². The summed E-state index contributed by atoms with van der Waals surface area (Å²) in [6.07, 6.45) is 0.352. The Bertz CT molecular complexity index is 228. The molecule has 1 N–H and O–H groups in total. The Morgan fingerprint density at radius 3 is 3.09 bits per heavy atom. The first-order valence-electron chi connectivity index (χ1n) is 3.01.